The van der Waals surface area contributed by atoms with Crippen LogP contribution in [0.2, 0.25) is 0 Å². The topological polar surface area (TPSA) is 63.8 Å². The summed E-state index contributed by atoms with van der Waals surface area (Å²) in [5.74, 6) is -5.38. The number of benzene rings is 1. The largest absolute Gasteiger partial charge is 0.433 e. The average Bonchev–Trinajstić information content (AvgIpc) is 2.33. The molecule has 0 spiro atoms. The van der Waals surface area contributed by atoms with Gasteiger partial charge in [-0.05, 0) is 0 Å². The number of nitrogens with one attached hydrogen (secondary N) is 1. The van der Waals surface area contributed by atoms with Crippen molar-refractivity contribution in [1.29, 1.82) is 0 Å². The van der Waals surface area contributed by atoms with Crippen molar-refractivity contribution in [3.8, 4) is 0 Å². The fraction of sp³-hybridized carbons (Fsp3) is 0.0909. The van der Waals surface area contributed by atoms with E-state index < -0.39 is 46.8 Å². The Morgan fingerprint density at radius 3 is 2.29 bits per heavy atom. The molecule has 0 aliphatic rings. The Labute approximate surface area is 113 Å². The molecule has 4 nitrogen and oxygen atoms in total. The van der Waals surface area contributed by atoms with Crippen molar-refractivity contribution in [2.75, 3.05) is 11.1 Å². The lowest BCUT2D eigenvalue weighted by atomic mass is 10.2. The molecule has 21 heavy (non-hydrogen) atoms. The molecule has 0 saturated heterocycles. The number of halogens is 6. The minimum Gasteiger partial charge on any atom is -0.368 e. The molecule has 0 atom stereocenters. The Kier molecular flexibility index (Phi) is 3.62. The molecule has 0 bridgehead atoms. The van der Waals surface area contributed by atoms with Gasteiger partial charge in [0.2, 0.25) is 5.95 Å². The number of alkyl halides is 3. The lowest BCUT2D eigenvalue weighted by Crippen LogP contribution is -2.12. The molecule has 0 saturated carbocycles. The van der Waals surface area contributed by atoms with Gasteiger partial charge in [-0.15, -0.1) is 0 Å². The SMILES string of the molecule is Nc1nc(Nc2cc(F)cc(F)c2F)cc(C(F)(F)F)n1. The number of hydrogen-bond acceptors (Lipinski definition) is 4. The van der Waals surface area contributed by atoms with Crippen molar-refractivity contribution in [2.45, 2.75) is 6.18 Å². The molecule has 0 fully saturated rings. The van der Waals surface area contributed by atoms with E-state index in [0.717, 1.165) is 0 Å². The van der Waals surface area contributed by atoms with E-state index in [9.17, 15) is 26.3 Å². The summed E-state index contributed by atoms with van der Waals surface area (Å²) >= 11 is 0. The summed E-state index contributed by atoms with van der Waals surface area (Å²) < 4.78 is 77.0. The van der Waals surface area contributed by atoms with Gasteiger partial charge in [-0.1, -0.05) is 0 Å². The zero-order valence-electron chi connectivity index (χ0n) is 9.97. The monoisotopic (exact) mass is 308 g/mol. The second-order valence-electron chi connectivity index (χ2n) is 3.87. The van der Waals surface area contributed by atoms with Gasteiger partial charge in [0.1, 0.15) is 11.6 Å². The third kappa shape index (κ3) is 3.33. The van der Waals surface area contributed by atoms with Crippen molar-refractivity contribution in [2.24, 2.45) is 0 Å². The van der Waals surface area contributed by atoms with Crippen molar-refractivity contribution in [1.82, 2.24) is 9.97 Å². The van der Waals surface area contributed by atoms with Crippen LogP contribution < -0.4 is 11.1 Å². The summed E-state index contributed by atoms with van der Waals surface area (Å²) in [6, 6.07) is 1.28. The highest BCUT2D eigenvalue weighted by atomic mass is 19.4. The van der Waals surface area contributed by atoms with Crippen molar-refractivity contribution in [3.05, 3.63) is 41.3 Å². The maximum absolute atomic E-state index is 13.4. The highest BCUT2D eigenvalue weighted by molar-refractivity contribution is 5.58. The minimum absolute atomic E-state index is 0.288. The standard InChI is InChI=1S/C11H6F6N4/c12-4-1-5(13)9(14)6(2-4)19-8-3-7(11(15,16)17)20-10(18)21-8/h1-3H,(H3,18,19,20,21). The number of rotatable bonds is 2. The zero-order valence-corrected chi connectivity index (χ0v) is 9.97. The van der Waals surface area contributed by atoms with Crippen LogP contribution in [0.1, 0.15) is 5.69 Å². The second-order valence-corrected chi connectivity index (χ2v) is 3.87. The smallest absolute Gasteiger partial charge is 0.368 e. The Bertz CT molecular complexity index is 685. The van der Waals surface area contributed by atoms with E-state index in [-0.39, 0.29) is 6.07 Å². The van der Waals surface area contributed by atoms with Gasteiger partial charge in [0.25, 0.3) is 0 Å². The highest BCUT2D eigenvalue weighted by Gasteiger charge is 2.33. The van der Waals surface area contributed by atoms with Gasteiger partial charge in [0.15, 0.2) is 17.3 Å². The van der Waals surface area contributed by atoms with E-state index in [1.165, 1.54) is 0 Å². The lowest BCUT2D eigenvalue weighted by molar-refractivity contribution is -0.141. The fourth-order valence-electron chi connectivity index (χ4n) is 1.46. The van der Waals surface area contributed by atoms with Gasteiger partial charge >= 0.3 is 6.18 Å². The van der Waals surface area contributed by atoms with Gasteiger partial charge in [0, 0.05) is 18.2 Å². The second kappa shape index (κ2) is 5.11. The van der Waals surface area contributed by atoms with Crippen LogP contribution in [0.25, 0.3) is 0 Å². The quantitative estimate of drug-likeness (QED) is 0.660. The number of nitrogens with two attached hydrogens (primary N) is 1. The van der Waals surface area contributed by atoms with Crippen LogP contribution >= 0.6 is 0 Å². The minimum atomic E-state index is -4.81. The molecule has 0 amide bonds. The van der Waals surface area contributed by atoms with Crippen LogP contribution in [0, 0.1) is 17.5 Å². The Hall–Kier alpha value is -2.52. The molecule has 2 rings (SSSR count). The first-order chi connectivity index (χ1) is 9.66. The van der Waals surface area contributed by atoms with E-state index in [0.29, 0.717) is 12.1 Å². The van der Waals surface area contributed by atoms with Crippen LogP contribution in [-0.4, -0.2) is 9.97 Å². The van der Waals surface area contributed by atoms with E-state index in [1.54, 1.807) is 0 Å². The van der Waals surface area contributed by atoms with Crippen molar-refractivity contribution < 1.29 is 26.3 Å². The van der Waals surface area contributed by atoms with Crippen molar-refractivity contribution >= 4 is 17.5 Å². The number of hydrogen-bond donors (Lipinski definition) is 2. The Morgan fingerprint density at radius 1 is 1.00 bits per heavy atom. The molecule has 3 N–H and O–H groups in total. The third-order valence-electron chi connectivity index (χ3n) is 2.29. The molecule has 2 aromatic rings. The third-order valence-corrected chi connectivity index (χ3v) is 2.29. The molecular formula is C11H6F6N4. The van der Waals surface area contributed by atoms with E-state index in [2.05, 4.69) is 9.97 Å². The summed E-state index contributed by atoms with van der Waals surface area (Å²) in [5.41, 5.74) is 3.00. The maximum atomic E-state index is 13.4. The van der Waals surface area contributed by atoms with Crippen LogP contribution in [-0.2, 0) is 6.18 Å². The molecular weight excluding hydrogens is 302 g/mol. The highest BCUT2D eigenvalue weighted by Crippen LogP contribution is 2.30. The number of nitrogen functional groups attached to an aromatic ring is 1. The van der Waals surface area contributed by atoms with Gasteiger partial charge < -0.3 is 11.1 Å². The predicted molar refractivity (Wildman–Crippen MR) is 61.0 cm³/mol. The number of aromatic nitrogens is 2. The zero-order chi connectivity index (χ0) is 15.8. The first kappa shape index (κ1) is 14.9. The van der Waals surface area contributed by atoms with Gasteiger partial charge in [-0.3, -0.25) is 0 Å². The normalized spacial score (nSPS) is 11.5. The first-order valence-electron chi connectivity index (χ1n) is 5.30. The van der Waals surface area contributed by atoms with E-state index >= 15 is 0 Å². The fourth-order valence-corrected chi connectivity index (χ4v) is 1.46. The van der Waals surface area contributed by atoms with Crippen LogP contribution in [0.3, 0.4) is 0 Å². The Morgan fingerprint density at radius 2 is 1.67 bits per heavy atom. The molecule has 1 aromatic carbocycles. The summed E-state index contributed by atoms with van der Waals surface area (Å²) in [4.78, 5) is 6.35. The average molecular weight is 308 g/mol. The van der Waals surface area contributed by atoms with Gasteiger partial charge in [-0.25, -0.2) is 18.2 Å². The molecule has 0 radical (unpaired) electrons. The first-order valence-corrected chi connectivity index (χ1v) is 5.30. The lowest BCUT2D eigenvalue weighted by Gasteiger charge is -2.11. The van der Waals surface area contributed by atoms with Gasteiger partial charge in [-0.2, -0.15) is 18.2 Å². The van der Waals surface area contributed by atoms with Crippen LogP contribution in [0.15, 0.2) is 18.2 Å². The molecule has 0 aliphatic carbocycles. The molecule has 1 aromatic heterocycles. The van der Waals surface area contributed by atoms with Crippen LogP contribution in [0.4, 0.5) is 43.8 Å². The summed E-state index contributed by atoms with van der Waals surface area (Å²) in [6.07, 6.45) is -4.81. The van der Waals surface area contributed by atoms with E-state index in [1.807, 2.05) is 5.32 Å². The molecule has 0 aliphatic heterocycles. The Balaban J connectivity index is 2.43. The summed E-state index contributed by atoms with van der Waals surface area (Å²) in [7, 11) is 0. The molecule has 0 unspecified atom stereocenters. The van der Waals surface area contributed by atoms with Gasteiger partial charge in [0.05, 0.1) is 5.69 Å². The predicted octanol–water partition coefficient (Wildman–Crippen LogP) is 3.24. The van der Waals surface area contributed by atoms with E-state index in [4.69, 9.17) is 5.73 Å². The van der Waals surface area contributed by atoms with Crippen molar-refractivity contribution in [3.63, 3.8) is 0 Å². The maximum Gasteiger partial charge on any atom is 0.433 e. The van der Waals surface area contributed by atoms with Crippen LogP contribution in [0.5, 0.6) is 0 Å². The number of anilines is 3. The molecule has 10 heteroatoms. The molecule has 1 heterocycles. The number of nitrogens with zero attached hydrogens (tertiary/aromatic N) is 2. The molecule has 112 valence electrons. The summed E-state index contributed by atoms with van der Waals surface area (Å²) in [6.45, 7) is 0. The summed E-state index contributed by atoms with van der Waals surface area (Å²) in [5, 5.41) is 2.02.